The lowest BCUT2D eigenvalue weighted by molar-refractivity contribution is 0.688. The van der Waals surface area contributed by atoms with Crippen molar-refractivity contribution in [3.63, 3.8) is 0 Å². The topological polar surface area (TPSA) is 29.3 Å². The Kier molecular flexibility index (Phi) is 3.39. The molecule has 0 saturated heterocycles. The molecule has 0 atom stereocenters. The lowest BCUT2D eigenvalue weighted by atomic mass is 9.98. The van der Waals surface area contributed by atoms with Gasteiger partial charge < -0.3 is 10.6 Å². The quantitative estimate of drug-likeness (QED) is 0.837. The molecule has 2 nitrogen and oxygen atoms in total. The molecule has 2 N–H and O–H groups in total. The molecule has 0 aromatic heterocycles. The van der Waals surface area contributed by atoms with E-state index in [4.69, 9.17) is 5.73 Å². The van der Waals surface area contributed by atoms with Crippen LogP contribution in [0.4, 0.5) is 11.4 Å². The van der Waals surface area contributed by atoms with Gasteiger partial charge in [0.05, 0.1) is 0 Å². The molecule has 2 heteroatoms. The molecular weight excluding hydrogens is 244 g/mol. The van der Waals surface area contributed by atoms with Crippen molar-refractivity contribution in [2.24, 2.45) is 0 Å². The van der Waals surface area contributed by atoms with Gasteiger partial charge >= 0.3 is 0 Å². The summed E-state index contributed by atoms with van der Waals surface area (Å²) in [5.41, 5.74) is 13.8. The van der Waals surface area contributed by atoms with E-state index in [2.05, 4.69) is 49.1 Å². The first kappa shape index (κ1) is 13.0. The van der Waals surface area contributed by atoms with Gasteiger partial charge in [-0.1, -0.05) is 24.3 Å². The number of anilines is 2. The fourth-order valence-electron chi connectivity index (χ4n) is 3.12. The van der Waals surface area contributed by atoms with Crippen molar-refractivity contribution in [3.05, 3.63) is 58.7 Å². The van der Waals surface area contributed by atoms with E-state index in [-0.39, 0.29) is 0 Å². The zero-order chi connectivity index (χ0) is 14.1. The molecule has 0 amide bonds. The van der Waals surface area contributed by atoms with Crippen LogP contribution in [0.15, 0.2) is 36.4 Å². The summed E-state index contributed by atoms with van der Waals surface area (Å²) in [6.07, 6.45) is 2.39. The first-order valence-electron chi connectivity index (χ1n) is 7.33. The molecule has 0 spiro atoms. The normalized spacial score (nSPS) is 14.2. The molecule has 0 bridgehead atoms. The maximum absolute atomic E-state index is 5.97. The van der Waals surface area contributed by atoms with Crippen LogP contribution in [0.1, 0.15) is 28.7 Å². The number of hydrogen-bond acceptors (Lipinski definition) is 2. The summed E-state index contributed by atoms with van der Waals surface area (Å²) >= 11 is 0. The van der Waals surface area contributed by atoms with E-state index in [1.165, 1.54) is 40.8 Å². The summed E-state index contributed by atoms with van der Waals surface area (Å²) < 4.78 is 0. The van der Waals surface area contributed by atoms with Crippen LogP contribution >= 0.6 is 0 Å². The van der Waals surface area contributed by atoms with Gasteiger partial charge in [-0.05, 0) is 61.1 Å². The number of aryl methyl sites for hydroxylation is 3. The summed E-state index contributed by atoms with van der Waals surface area (Å²) in [6.45, 7) is 6.50. The number of nitrogens with two attached hydrogens (primary N) is 1. The second kappa shape index (κ2) is 5.20. The van der Waals surface area contributed by atoms with Gasteiger partial charge in [0.25, 0.3) is 0 Å². The molecule has 0 radical (unpaired) electrons. The number of hydrogen-bond donors (Lipinski definition) is 1. The lowest BCUT2D eigenvalue weighted by Gasteiger charge is -2.32. The van der Waals surface area contributed by atoms with Crippen molar-refractivity contribution in [2.75, 3.05) is 17.2 Å². The van der Waals surface area contributed by atoms with E-state index in [0.29, 0.717) is 0 Å². The Bertz CT molecular complexity index is 611. The Morgan fingerprint density at radius 2 is 1.85 bits per heavy atom. The van der Waals surface area contributed by atoms with Crippen molar-refractivity contribution >= 4 is 11.4 Å². The van der Waals surface area contributed by atoms with Crippen molar-refractivity contribution in [3.8, 4) is 0 Å². The molecule has 0 aliphatic carbocycles. The Balaban J connectivity index is 1.95. The molecule has 20 heavy (non-hydrogen) atoms. The SMILES string of the molecule is Cc1cccc(C)c1CN1CCCc2ccc(N)cc21. The van der Waals surface area contributed by atoms with Crippen LogP contribution in [0.2, 0.25) is 0 Å². The first-order valence-corrected chi connectivity index (χ1v) is 7.33. The molecule has 0 unspecified atom stereocenters. The zero-order valence-corrected chi connectivity index (χ0v) is 12.3. The van der Waals surface area contributed by atoms with E-state index < -0.39 is 0 Å². The number of benzene rings is 2. The minimum atomic E-state index is 0.858. The number of nitrogen functional groups attached to an aromatic ring is 1. The van der Waals surface area contributed by atoms with Gasteiger partial charge in [0, 0.05) is 24.5 Å². The van der Waals surface area contributed by atoms with Crippen molar-refractivity contribution in [1.29, 1.82) is 0 Å². The molecule has 2 aromatic carbocycles. The maximum atomic E-state index is 5.97. The molecule has 0 saturated carbocycles. The van der Waals surface area contributed by atoms with Gasteiger partial charge in [-0.2, -0.15) is 0 Å². The minimum absolute atomic E-state index is 0.858. The van der Waals surface area contributed by atoms with Crippen molar-refractivity contribution < 1.29 is 0 Å². The Labute approximate surface area is 121 Å². The fraction of sp³-hybridized carbons (Fsp3) is 0.333. The third-order valence-electron chi connectivity index (χ3n) is 4.32. The van der Waals surface area contributed by atoms with Gasteiger partial charge in [-0.3, -0.25) is 0 Å². The molecule has 0 fully saturated rings. The molecular formula is C18H22N2. The van der Waals surface area contributed by atoms with Gasteiger partial charge in [-0.25, -0.2) is 0 Å². The average Bonchev–Trinajstić information content (AvgIpc) is 2.43. The monoisotopic (exact) mass is 266 g/mol. The van der Waals surface area contributed by atoms with Crippen LogP contribution in [0.25, 0.3) is 0 Å². The largest absolute Gasteiger partial charge is 0.399 e. The Hall–Kier alpha value is -1.96. The van der Waals surface area contributed by atoms with Crippen LogP contribution in [0, 0.1) is 13.8 Å². The number of nitrogens with zero attached hydrogens (tertiary/aromatic N) is 1. The van der Waals surface area contributed by atoms with Crippen LogP contribution in [0.3, 0.4) is 0 Å². The van der Waals surface area contributed by atoms with Crippen molar-refractivity contribution in [2.45, 2.75) is 33.2 Å². The summed E-state index contributed by atoms with van der Waals surface area (Å²) in [7, 11) is 0. The minimum Gasteiger partial charge on any atom is -0.399 e. The Morgan fingerprint density at radius 3 is 2.60 bits per heavy atom. The van der Waals surface area contributed by atoms with E-state index in [0.717, 1.165) is 18.8 Å². The predicted molar refractivity (Wildman–Crippen MR) is 86.1 cm³/mol. The average molecular weight is 266 g/mol. The van der Waals surface area contributed by atoms with E-state index >= 15 is 0 Å². The highest BCUT2D eigenvalue weighted by molar-refractivity contribution is 5.63. The van der Waals surface area contributed by atoms with Gasteiger partial charge in [-0.15, -0.1) is 0 Å². The highest BCUT2D eigenvalue weighted by atomic mass is 15.1. The second-order valence-electron chi connectivity index (χ2n) is 5.78. The van der Waals surface area contributed by atoms with Crippen LogP contribution in [0.5, 0.6) is 0 Å². The van der Waals surface area contributed by atoms with Crippen LogP contribution < -0.4 is 10.6 Å². The molecule has 3 rings (SSSR count). The fourth-order valence-corrected chi connectivity index (χ4v) is 3.12. The zero-order valence-electron chi connectivity index (χ0n) is 12.3. The van der Waals surface area contributed by atoms with Gasteiger partial charge in [0.1, 0.15) is 0 Å². The highest BCUT2D eigenvalue weighted by Crippen LogP contribution is 2.31. The van der Waals surface area contributed by atoms with E-state index in [1.54, 1.807) is 0 Å². The van der Waals surface area contributed by atoms with Gasteiger partial charge in [0.2, 0.25) is 0 Å². The molecule has 1 aliphatic rings. The maximum Gasteiger partial charge on any atom is 0.0434 e. The van der Waals surface area contributed by atoms with E-state index in [1.807, 2.05) is 6.07 Å². The molecule has 2 aromatic rings. The predicted octanol–water partition coefficient (Wildman–Crippen LogP) is 3.84. The Morgan fingerprint density at radius 1 is 1.10 bits per heavy atom. The molecule has 1 heterocycles. The third-order valence-corrected chi connectivity index (χ3v) is 4.32. The summed E-state index contributed by atoms with van der Waals surface area (Å²) in [6, 6.07) is 12.9. The summed E-state index contributed by atoms with van der Waals surface area (Å²) in [5.74, 6) is 0. The highest BCUT2D eigenvalue weighted by Gasteiger charge is 2.18. The molecule has 1 aliphatic heterocycles. The third kappa shape index (κ3) is 2.38. The lowest BCUT2D eigenvalue weighted by Crippen LogP contribution is -2.29. The summed E-state index contributed by atoms with van der Waals surface area (Å²) in [5, 5.41) is 0. The van der Waals surface area contributed by atoms with E-state index in [9.17, 15) is 0 Å². The van der Waals surface area contributed by atoms with Crippen LogP contribution in [-0.4, -0.2) is 6.54 Å². The summed E-state index contributed by atoms with van der Waals surface area (Å²) in [4.78, 5) is 2.48. The standard InChI is InChI=1S/C18H22N2/c1-13-5-3-6-14(2)17(13)12-20-10-4-7-15-8-9-16(19)11-18(15)20/h3,5-6,8-9,11H,4,7,10,12,19H2,1-2H3. The molecule has 104 valence electrons. The van der Waals surface area contributed by atoms with Crippen molar-refractivity contribution in [1.82, 2.24) is 0 Å². The number of fused-ring (bicyclic) bond motifs is 1. The number of rotatable bonds is 2. The second-order valence-corrected chi connectivity index (χ2v) is 5.78. The first-order chi connectivity index (χ1) is 9.65. The van der Waals surface area contributed by atoms with Gasteiger partial charge in [0.15, 0.2) is 0 Å². The smallest absolute Gasteiger partial charge is 0.0434 e. The van der Waals surface area contributed by atoms with Crippen LogP contribution in [-0.2, 0) is 13.0 Å².